The van der Waals surface area contributed by atoms with Gasteiger partial charge in [-0.15, -0.1) is 0 Å². The molecule has 2 amide bonds. The van der Waals surface area contributed by atoms with E-state index in [4.69, 9.17) is 21.1 Å². The molecule has 3 aromatic rings. The minimum atomic E-state index is -3.49. The van der Waals surface area contributed by atoms with Crippen molar-refractivity contribution in [2.75, 3.05) is 68.2 Å². The van der Waals surface area contributed by atoms with Crippen LogP contribution in [-0.4, -0.2) is 113 Å². The number of amides is 2. The number of hydrogen-bond donors (Lipinski definition) is 5. The Balaban J connectivity index is 0.718. The second-order valence-corrected chi connectivity index (χ2v) is 23.3. The molecule has 0 radical (unpaired) electrons. The number of ether oxygens (including phenoxy) is 2. The van der Waals surface area contributed by atoms with Crippen LogP contribution in [0.2, 0.25) is 5.02 Å². The van der Waals surface area contributed by atoms with Gasteiger partial charge in [-0.05, 0) is 111 Å². The summed E-state index contributed by atoms with van der Waals surface area (Å²) in [5.41, 5.74) is 3.08. The first-order chi connectivity index (χ1) is 32.4. The molecular weight excluding hydrogens is 902 g/mol. The monoisotopic (exact) mass is 967 g/mol. The van der Waals surface area contributed by atoms with E-state index in [-0.39, 0.29) is 64.7 Å². The molecule has 15 nitrogen and oxygen atoms in total. The van der Waals surface area contributed by atoms with E-state index in [1.54, 1.807) is 49.2 Å². The van der Waals surface area contributed by atoms with Gasteiger partial charge in [0.25, 0.3) is 0 Å². The molecule has 68 heavy (non-hydrogen) atoms. The Morgan fingerprint density at radius 3 is 2.28 bits per heavy atom. The van der Waals surface area contributed by atoms with Crippen molar-refractivity contribution in [3.05, 3.63) is 83.0 Å². The van der Waals surface area contributed by atoms with Crippen molar-refractivity contribution >= 4 is 50.4 Å². The number of likely N-dealkylation sites (tertiary alicyclic amines) is 1. The number of hydrogen-bond acceptors (Lipinski definition) is 12. The van der Waals surface area contributed by atoms with Crippen molar-refractivity contribution < 1.29 is 27.5 Å². The molecule has 5 fully saturated rings. The summed E-state index contributed by atoms with van der Waals surface area (Å²) in [6.07, 6.45) is 6.09. The molecule has 0 bridgehead atoms. The number of carbonyl (C=O) groups is 2. The number of anilines is 2. The molecule has 5 N–H and O–H groups in total. The number of sulfonamides is 1. The van der Waals surface area contributed by atoms with Gasteiger partial charge in [0, 0.05) is 98.3 Å². The number of nitrogens with zero attached hydrogens (tertiary/aromatic N) is 4. The first-order valence-electron chi connectivity index (χ1n) is 24.2. The highest BCUT2D eigenvalue weighted by Crippen LogP contribution is 2.56. The standard InChI is InChI=1S/C51H66ClN9O6S/c1-7-68(64,65)58-35-9-15-43(40(23-35)41-30-59(6)46(63)44-39(41)16-19-54-44)66-37-13-10-36(11-14-37)61-28-32(29-61)22-31-17-20-60(21-18-31)49-55-26-34(27-56-49)45(62)57-47-50(2,3)48(51(47,4)5)67-38-12-8-33(25-53)42(52)24-38/h8-15,23-24,30-32,34,39,44,47-49,54-56,58H,7,16-22,26-29H2,1-6H3,(H,57,62). The van der Waals surface area contributed by atoms with Crippen LogP contribution in [0.1, 0.15) is 71.4 Å². The van der Waals surface area contributed by atoms with Crippen LogP contribution >= 0.6 is 11.6 Å². The molecule has 364 valence electrons. The van der Waals surface area contributed by atoms with Gasteiger partial charge in [-0.25, -0.2) is 8.42 Å². The average Bonchev–Trinajstić information content (AvgIpc) is 3.81. The van der Waals surface area contributed by atoms with E-state index >= 15 is 0 Å². The second kappa shape index (κ2) is 19.1. The first kappa shape index (κ1) is 48.1. The quantitative estimate of drug-likeness (QED) is 0.124. The third kappa shape index (κ3) is 9.67. The van der Waals surface area contributed by atoms with E-state index in [0.717, 1.165) is 68.8 Å². The van der Waals surface area contributed by atoms with E-state index < -0.39 is 10.0 Å². The maximum Gasteiger partial charge on any atom is 0.244 e. The van der Waals surface area contributed by atoms with Gasteiger partial charge in [0.1, 0.15) is 35.7 Å². The van der Waals surface area contributed by atoms with Crippen LogP contribution in [0.3, 0.4) is 0 Å². The maximum atomic E-state index is 13.6. The summed E-state index contributed by atoms with van der Waals surface area (Å²) < 4.78 is 40.6. The number of piperidine rings is 1. The van der Waals surface area contributed by atoms with Crippen LogP contribution in [0.5, 0.6) is 17.2 Å². The normalized spacial score (nSPS) is 27.3. The van der Waals surface area contributed by atoms with Crippen LogP contribution in [-0.2, 0) is 19.6 Å². The third-order valence-electron chi connectivity index (χ3n) is 15.5. The Labute approximate surface area is 406 Å². The molecule has 2 atom stereocenters. The largest absolute Gasteiger partial charge is 0.489 e. The van der Waals surface area contributed by atoms with Crippen LogP contribution < -0.4 is 40.4 Å². The molecule has 6 aliphatic rings. The van der Waals surface area contributed by atoms with E-state index in [9.17, 15) is 23.3 Å². The lowest BCUT2D eigenvalue weighted by molar-refractivity contribution is -0.174. The fraction of sp³-hybridized carbons (Fsp3) is 0.549. The Kier molecular flexibility index (Phi) is 13.5. The summed E-state index contributed by atoms with van der Waals surface area (Å²) in [4.78, 5) is 33.1. The zero-order chi connectivity index (χ0) is 48.1. The van der Waals surface area contributed by atoms with Gasteiger partial charge in [-0.3, -0.25) is 29.8 Å². The van der Waals surface area contributed by atoms with Gasteiger partial charge in [-0.1, -0.05) is 39.3 Å². The number of nitriles is 1. The highest BCUT2D eigenvalue weighted by Gasteiger charge is 2.64. The van der Waals surface area contributed by atoms with Crippen molar-refractivity contribution in [1.82, 2.24) is 31.1 Å². The Hall–Kier alpha value is -4.89. The molecule has 5 heterocycles. The first-order valence-corrected chi connectivity index (χ1v) is 26.2. The average molecular weight is 969 g/mol. The number of benzene rings is 3. The van der Waals surface area contributed by atoms with Gasteiger partial charge in [0.2, 0.25) is 21.8 Å². The van der Waals surface area contributed by atoms with Gasteiger partial charge in [0.15, 0.2) is 0 Å². The predicted octanol–water partition coefficient (Wildman–Crippen LogP) is 6.19. The molecular formula is C51H66ClN9O6S. The van der Waals surface area contributed by atoms with Crippen molar-refractivity contribution in [1.29, 1.82) is 5.26 Å². The zero-order valence-corrected chi connectivity index (χ0v) is 41.6. The predicted molar refractivity (Wildman–Crippen MR) is 265 cm³/mol. The minimum absolute atomic E-state index is 0.0233. The van der Waals surface area contributed by atoms with Crippen LogP contribution in [0.15, 0.2) is 66.9 Å². The van der Waals surface area contributed by atoms with Gasteiger partial charge in [-0.2, -0.15) is 5.26 Å². The molecule has 2 unspecified atom stereocenters. The highest BCUT2D eigenvalue weighted by atomic mass is 35.5. The number of halogens is 1. The van der Waals surface area contributed by atoms with Crippen molar-refractivity contribution in [3.63, 3.8) is 0 Å². The second-order valence-electron chi connectivity index (χ2n) is 20.9. The lowest BCUT2D eigenvalue weighted by Gasteiger charge is -2.63. The number of nitrogens with one attached hydrogen (secondary N) is 5. The highest BCUT2D eigenvalue weighted by molar-refractivity contribution is 7.92. The lowest BCUT2D eigenvalue weighted by atomic mass is 9.49. The number of likely N-dealkylation sites (N-methyl/N-ethyl adjacent to an activating group) is 1. The lowest BCUT2D eigenvalue weighted by Crippen LogP contribution is -2.75. The fourth-order valence-corrected chi connectivity index (χ4v) is 12.8. The van der Waals surface area contributed by atoms with E-state index in [1.807, 2.05) is 24.4 Å². The molecule has 3 aromatic carbocycles. The third-order valence-corrected chi connectivity index (χ3v) is 17.1. The maximum absolute atomic E-state index is 13.6. The molecule has 1 saturated carbocycles. The fourth-order valence-electron chi connectivity index (χ4n) is 12.0. The zero-order valence-electron chi connectivity index (χ0n) is 40.0. The van der Waals surface area contributed by atoms with Gasteiger partial charge < -0.3 is 29.9 Å². The van der Waals surface area contributed by atoms with Crippen molar-refractivity contribution in [2.45, 2.75) is 84.8 Å². The molecule has 5 aliphatic heterocycles. The topological polar surface area (TPSA) is 180 Å². The number of rotatable bonds is 14. The van der Waals surface area contributed by atoms with Crippen molar-refractivity contribution in [3.8, 4) is 23.3 Å². The number of carbonyl (C=O) groups excluding carboxylic acids is 2. The summed E-state index contributed by atoms with van der Waals surface area (Å²) in [5.74, 6) is 3.04. The number of fused-ring (bicyclic) bond motifs is 1. The van der Waals surface area contributed by atoms with Crippen molar-refractivity contribution in [2.24, 2.45) is 34.5 Å². The molecule has 0 spiro atoms. The Morgan fingerprint density at radius 2 is 1.62 bits per heavy atom. The molecule has 9 rings (SSSR count). The molecule has 17 heteroatoms. The summed E-state index contributed by atoms with van der Waals surface area (Å²) in [7, 11) is -1.74. The molecule has 1 aliphatic carbocycles. The van der Waals surface area contributed by atoms with Gasteiger partial charge in [0.05, 0.1) is 28.3 Å². The van der Waals surface area contributed by atoms with Crippen LogP contribution in [0.25, 0.3) is 5.57 Å². The summed E-state index contributed by atoms with van der Waals surface area (Å²) in [6, 6.07) is 20.3. The Morgan fingerprint density at radius 1 is 0.926 bits per heavy atom. The van der Waals surface area contributed by atoms with Crippen LogP contribution in [0, 0.1) is 45.8 Å². The van der Waals surface area contributed by atoms with E-state index in [1.165, 1.54) is 6.42 Å². The smallest absolute Gasteiger partial charge is 0.244 e. The SMILES string of the molecule is CCS(=O)(=O)Nc1ccc(Oc2ccc(N3CC(CC4CCN(C5NCC(C(=O)NC6C(C)(C)C(Oc7ccc(C#N)c(Cl)c7)C6(C)C)CN5)CC4)C3)cc2)c(C2=CN(C)C(=O)C3NCCC23)c1. The van der Waals surface area contributed by atoms with E-state index in [0.29, 0.717) is 58.4 Å². The minimum Gasteiger partial charge on any atom is -0.489 e. The van der Waals surface area contributed by atoms with Gasteiger partial charge >= 0.3 is 0 Å². The molecule has 4 saturated heterocycles. The summed E-state index contributed by atoms with van der Waals surface area (Å²) in [5, 5.41) is 23.6. The van der Waals surface area contributed by atoms with E-state index in [2.05, 4.69) is 81.7 Å². The summed E-state index contributed by atoms with van der Waals surface area (Å²) >= 11 is 6.28. The summed E-state index contributed by atoms with van der Waals surface area (Å²) in [6.45, 7) is 16.2. The van der Waals surface area contributed by atoms with Crippen LogP contribution in [0.4, 0.5) is 11.4 Å². The Bertz CT molecular complexity index is 2550. The molecule has 0 aromatic heterocycles.